The second-order valence-corrected chi connectivity index (χ2v) is 5.54. The molecule has 25 heavy (non-hydrogen) atoms. The van der Waals surface area contributed by atoms with Gasteiger partial charge in [0.2, 0.25) is 0 Å². The first-order valence-corrected chi connectivity index (χ1v) is 7.99. The van der Waals surface area contributed by atoms with Crippen LogP contribution in [0, 0.1) is 0 Å². The number of rotatable bonds is 7. The molecular weight excluding hydrogens is 359 g/mol. The summed E-state index contributed by atoms with van der Waals surface area (Å²) in [7, 11) is 0. The molecule has 0 spiro atoms. The second kappa shape index (κ2) is 8.30. The molecule has 0 saturated carbocycles. The van der Waals surface area contributed by atoms with Crippen molar-refractivity contribution in [2.45, 2.75) is 19.5 Å². The zero-order valence-corrected chi connectivity index (χ0v) is 14.2. The molecule has 0 fully saturated rings. The minimum absolute atomic E-state index is 0.00757. The number of halogens is 4. The van der Waals surface area contributed by atoms with Crippen LogP contribution in [0.2, 0.25) is 5.02 Å². The normalized spacial score (nSPS) is 11.6. The van der Waals surface area contributed by atoms with Crippen LogP contribution in [-0.4, -0.2) is 40.3 Å². The van der Waals surface area contributed by atoms with Gasteiger partial charge in [0.15, 0.2) is 11.5 Å². The molecule has 0 aliphatic carbocycles. The number of hydrogen-bond acceptors (Lipinski definition) is 4. The Morgan fingerprint density at radius 2 is 2.08 bits per heavy atom. The first-order chi connectivity index (χ1) is 11.9. The molecule has 1 amide bonds. The zero-order valence-electron chi connectivity index (χ0n) is 13.4. The molecule has 2 rings (SSSR count). The molecule has 0 unspecified atom stereocenters. The van der Waals surface area contributed by atoms with E-state index in [1.165, 1.54) is 18.3 Å². The van der Waals surface area contributed by atoms with Crippen molar-refractivity contribution >= 4 is 17.5 Å². The maximum atomic E-state index is 13.5. The van der Waals surface area contributed by atoms with Gasteiger partial charge in [-0.3, -0.25) is 4.79 Å². The summed E-state index contributed by atoms with van der Waals surface area (Å²) in [6.45, 7) is 3.41. The van der Waals surface area contributed by atoms with Crippen molar-refractivity contribution < 1.29 is 18.0 Å². The number of carbonyl (C=O) groups is 1. The molecule has 0 saturated heterocycles. The van der Waals surface area contributed by atoms with Crippen molar-refractivity contribution in [1.82, 2.24) is 25.4 Å². The van der Waals surface area contributed by atoms with Gasteiger partial charge in [-0.2, -0.15) is 18.3 Å². The fourth-order valence-corrected chi connectivity index (χ4v) is 2.34. The van der Waals surface area contributed by atoms with Gasteiger partial charge in [-0.1, -0.05) is 18.5 Å². The fourth-order valence-electron chi connectivity index (χ4n) is 2.14. The topological polar surface area (TPSA) is 71.8 Å². The summed E-state index contributed by atoms with van der Waals surface area (Å²) in [5.74, 6) is -1.05. The Morgan fingerprint density at radius 1 is 1.32 bits per heavy atom. The Labute approximate surface area is 147 Å². The van der Waals surface area contributed by atoms with Crippen LogP contribution in [0.1, 0.15) is 29.4 Å². The van der Waals surface area contributed by atoms with Crippen molar-refractivity contribution in [2.75, 3.05) is 19.6 Å². The Balaban J connectivity index is 2.28. The number of nitrogens with one attached hydrogen (secondary N) is 2. The number of hydrogen-bond donors (Lipinski definition) is 2. The van der Waals surface area contributed by atoms with Gasteiger partial charge < -0.3 is 10.6 Å². The molecule has 0 aromatic carbocycles. The van der Waals surface area contributed by atoms with E-state index in [1.54, 1.807) is 0 Å². The lowest BCUT2D eigenvalue weighted by atomic mass is 10.2. The van der Waals surface area contributed by atoms with E-state index < -0.39 is 23.3 Å². The van der Waals surface area contributed by atoms with Crippen LogP contribution < -0.4 is 10.6 Å². The van der Waals surface area contributed by atoms with E-state index in [0.717, 1.165) is 19.2 Å². The van der Waals surface area contributed by atoms with Crippen molar-refractivity contribution in [3.8, 4) is 5.82 Å². The summed E-state index contributed by atoms with van der Waals surface area (Å²) in [5.41, 5.74) is -1.79. The second-order valence-electron chi connectivity index (χ2n) is 5.13. The van der Waals surface area contributed by atoms with Crippen LogP contribution in [0.15, 0.2) is 24.5 Å². The molecule has 2 N–H and O–H groups in total. The van der Waals surface area contributed by atoms with E-state index in [2.05, 4.69) is 20.7 Å². The summed E-state index contributed by atoms with van der Waals surface area (Å²) in [6, 6.07) is 2.88. The molecular formula is C15H17ClF3N5O. The molecule has 0 aliphatic rings. The minimum Gasteiger partial charge on any atom is -0.351 e. The Bertz CT molecular complexity index is 732. The van der Waals surface area contributed by atoms with Crippen LogP contribution in [-0.2, 0) is 6.18 Å². The molecule has 0 radical (unpaired) electrons. The van der Waals surface area contributed by atoms with Gasteiger partial charge >= 0.3 is 6.18 Å². The first-order valence-electron chi connectivity index (χ1n) is 7.61. The first kappa shape index (κ1) is 19.2. The highest BCUT2D eigenvalue weighted by Crippen LogP contribution is 2.34. The van der Waals surface area contributed by atoms with Crippen LogP contribution in [0.4, 0.5) is 13.2 Å². The predicted octanol–water partition coefficient (Wildman–Crippen LogP) is 2.67. The number of amides is 1. The van der Waals surface area contributed by atoms with E-state index in [-0.39, 0.29) is 17.4 Å². The highest BCUT2D eigenvalue weighted by Gasteiger charge is 2.41. The highest BCUT2D eigenvalue weighted by molar-refractivity contribution is 6.32. The SMILES string of the molecule is CCCNCCNC(=O)c1cnn(-c2ncccc2Cl)c1C(F)(F)F. The number of alkyl halides is 3. The number of nitrogens with zero attached hydrogens (tertiary/aromatic N) is 3. The zero-order chi connectivity index (χ0) is 18.4. The van der Waals surface area contributed by atoms with Crippen LogP contribution in [0.25, 0.3) is 5.82 Å². The maximum absolute atomic E-state index is 13.5. The van der Waals surface area contributed by atoms with Gasteiger partial charge in [0.1, 0.15) is 0 Å². The Morgan fingerprint density at radius 3 is 2.72 bits per heavy atom. The summed E-state index contributed by atoms with van der Waals surface area (Å²) in [6.07, 6.45) is -1.72. The van der Waals surface area contributed by atoms with Crippen molar-refractivity contribution in [2.24, 2.45) is 0 Å². The van der Waals surface area contributed by atoms with E-state index in [4.69, 9.17) is 11.6 Å². The molecule has 136 valence electrons. The Hall–Kier alpha value is -2.13. The minimum atomic E-state index is -4.80. The van der Waals surface area contributed by atoms with Gasteiger partial charge in [0.25, 0.3) is 5.91 Å². The van der Waals surface area contributed by atoms with Gasteiger partial charge in [-0.15, -0.1) is 0 Å². The number of carbonyl (C=O) groups excluding carboxylic acids is 1. The molecule has 2 aromatic heterocycles. The predicted molar refractivity (Wildman–Crippen MR) is 86.9 cm³/mol. The summed E-state index contributed by atoms with van der Waals surface area (Å²) >= 11 is 5.90. The molecule has 10 heteroatoms. The number of pyridine rings is 1. The molecule has 6 nitrogen and oxygen atoms in total. The third-order valence-electron chi connectivity index (χ3n) is 3.24. The van der Waals surface area contributed by atoms with Gasteiger partial charge in [-0.25, -0.2) is 9.67 Å². The Kier molecular flexibility index (Phi) is 6.38. The lowest BCUT2D eigenvalue weighted by molar-refractivity contribution is -0.143. The molecule has 0 aliphatic heterocycles. The number of aromatic nitrogens is 3. The summed E-state index contributed by atoms with van der Waals surface area (Å²) in [5, 5.41) is 9.14. The lowest BCUT2D eigenvalue weighted by Gasteiger charge is -2.13. The third-order valence-corrected chi connectivity index (χ3v) is 3.53. The molecule has 0 bridgehead atoms. The standard InChI is InChI=1S/C15H17ClF3N5O/c1-2-5-20-7-8-22-14(25)10-9-23-24(12(10)15(17,18)19)13-11(16)4-3-6-21-13/h3-4,6,9,20H,2,5,7-8H2,1H3,(H,22,25). The fraction of sp³-hybridized carbons (Fsp3) is 0.400. The van der Waals surface area contributed by atoms with E-state index in [9.17, 15) is 18.0 Å². The summed E-state index contributed by atoms with van der Waals surface area (Å²) < 4.78 is 41.0. The monoisotopic (exact) mass is 375 g/mol. The van der Waals surface area contributed by atoms with Gasteiger partial charge in [0, 0.05) is 19.3 Å². The molecule has 0 atom stereocenters. The lowest BCUT2D eigenvalue weighted by Crippen LogP contribution is -2.33. The third kappa shape index (κ3) is 4.70. The molecule has 2 aromatic rings. The maximum Gasteiger partial charge on any atom is 0.434 e. The average Bonchev–Trinajstić information content (AvgIpc) is 3.00. The molecule has 2 heterocycles. The van der Waals surface area contributed by atoms with Crippen molar-refractivity contribution in [1.29, 1.82) is 0 Å². The van der Waals surface area contributed by atoms with Crippen molar-refractivity contribution in [3.63, 3.8) is 0 Å². The van der Waals surface area contributed by atoms with Crippen LogP contribution >= 0.6 is 11.6 Å². The van der Waals surface area contributed by atoms with E-state index in [1.807, 2.05) is 6.92 Å². The van der Waals surface area contributed by atoms with Gasteiger partial charge in [0.05, 0.1) is 16.8 Å². The van der Waals surface area contributed by atoms with Gasteiger partial charge in [-0.05, 0) is 25.1 Å². The quantitative estimate of drug-likeness (QED) is 0.730. The van der Waals surface area contributed by atoms with E-state index >= 15 is 0 Å². The average molecular weight is 376 g/mol. The largest absolute Gasteiger partial charge is 0.434 e. The summed E-state index contributed by atoms with van der Waals surface area (Å²) in [4.78, 5) is 15.9. The van der Waals surface area contributed by atoms with E-state index in [0.29, 0.717) is 11.2 Å². The van der Waals surface area contributed by atoms with Crippen molar-refractivity contribution in [3.05, 3.63) is 40.8 Å². The smallest absolute Gasteiger partial charge is 0.351 e. The van der Waals surface area contributed by atoms with Crippen LogP contribution in [0.3, 0.4) is 0 Å². The highest BCUT2D eigenvalue weighted by atomic mass is 35.5. The van der Waals surface area contributed by atoms with Crippen LogP contribution in [0.5, 0.6) is 0 Å².